The second-order valence-corrected chi connectivity index (χ2v) is 4.26. The Morgan fingerprint density at radius 2 is 2.06 bits per heavy atom. The van der Waals surface area contributed by atoms with Gasteiger partial charge in [0.05, 0.1) is 17.4 Å². The highest BCUT2D eigenvalue weighted by Gasteiger charge is 2.24. The van der Waals surface area contributed by atoms with E-state index in [2.05, 4.69) is 10.4 Å². The first-order chi connectivity index (χ1) is 8.33. The van der Waals surface area contributed by atoms with Crippen LogP contribution in [0.25, 0.3) is 5.69 Å². The van der Waals surface area contributed by atoms with Crippen molar-refractivity contribution in [3.63, 3.8) is 0 Å². The van der Waals surface area contributed by atoms with E-state index in [9.17, 15) is 4.79 Å². The van der Waals surface area contributed by atoms with E-state index in [-0.39, 0.29) is 5.91 Å². The maximum absolute atomic E-state index is 11.8. The second kappa shape index (κ2) is 4.05. The smallest absolute Gasteiger partial charge is 0.254 e. The fourth-order valence-corrected chi connectivity index (χ4v) is 1.66. The molecule has 1 amide bonds. The van der Waals surface area contributed by atoms with Crippen LogP contribution in [0.4, 0.5) is 0 Å². The molecule has 1 aliphatic rings. The van der Waals surface area contributed by atoms with Gasteiger partial charge in [0, 0.05) is 12.2 Å². The van der Waals surface area contributed by atoms with Gasteiger partial charge in [-0.25, -0.2) is 4.68 Å². The molecule has 1 saturated carbocycles. The quantitative estimate of drug-likeness (QED) is 0.868. The Balaban J connectivity index is 1.80. The molecule has 4 heteroatoms. The minimum atomic E-state index is -0.0327. The van der Waals surface area contributed by atoms with E-state index in [1.54, 1.807) is 17.1 Å². The number of rotatable bonds is 3. The molecule has 0 atom stereocenters. The van der Waals surface area contributed by atoms with Crippen LogP contribution in [-0.4, -0.2) is 21.7 Å². The number of nitrogens with zero attached hydrogens (tertiary/aromatic N) is 2. The van der Waals surface area contributed by atoms with Crippen LogP contribution in [-0.2, 0) is 0 Å². The molecule has 1 aliphatic carbocycles. The largest absolute Gasteiger partial charge is 0.349 e. The van der Waals surface area contributed by atoms with Gasteiger partial charge in [0.15, 0.2) is 0 Å². The highest BCUT2D eigenvalue weighted by atomic mass is 16.1. The Morgan fingerprint density at radius 1 is 1.29 bits per heavy atom. The summed E-state index contributed by atoms with van der Waals surface area (Å²) in [6.07, 6.45) is 5.55. The van der Waals surface area contributed by atoms with E-state index < -0.39 is 0 Å². The molecule has 1 aromatic carbocycles. The molecule has 0 saturated heterocycles. The number of hydrogen-bond donors (Lipinski definition) is 1. The van der Waals surface area contributed by atoms with Crippen molar-refractivity contribution in [2.75, 3.05) is 0 Å². The van der Waals surface area contributed by atoms with Crippen LogP contribution >= 0.6 is 0 Å². The molecule has 4 nitrogen and oxygen atoms in total. The third-order valence-electron chi connectivity index (χ3n) is 2.78. The molecule has 1 N–H and O–H groups in total. The summed E-state index contributed by atoms with van der Waals surface area (Å²) in [5, 5.41) is 7.13. The lowest BCUT2D eigenvalue weighted by Crippen LogP contribution is -2.24. The molecule has 2 aromatic rings. The van der Waals surface area contributed by atoms with Crippen molar-refractivity contribution in [2.45, 2.75) is 18.9 Å². The predicted octanol–water partition coefficient (Wildman–Crippen LogP) is 1.76. The highest BCUT2D eigenvalue weighted by Crippen LogP contribution is 2.19. The Labute approximate surface area is 99.3 Å². The molecular formula is C13H13N3O. The number of para-hydroxylation sites is 1. The van der Waals surface area contributed by atoms with Crippen molar-refractivity contribution in [3.05, 3.63) is 48.3 Å². The van der Waals surface area contributed by atoms with E-state index in [1.165, 1.54) is 0 Å². The summed E-state index contributed by atoms with van der Waals surface area (Å²) < 4.78 is 1.71. The number of aromatic nitrogens is 2. The van der Waals surface area contributed by atoms with Crippen molar-refractivity contribution in [3.8, 4) is 5.69 Å². The third kappa shape index (κ3) is 2.20. The minimum Gasteiger partial charge on any atom is -0.349 e. The first-order valence-corrected chi connectivity index (χ1v) is 5.74. The Morgan fingerprint density at radius 3 is 2.76 bits per heavy atom. The summed E-state index contributed by atoms with van der Waals surface area (Å²) in [4.78, 5) is 11.8. The van der Waals surface area contributed by atoms with Crippen molar-refractivity contribution >= 4 is 5.91 Å². The van der Waals surface area contributed by atoms with Crippen LogP contribution < -0.4 is 5.32 Å². The first kappa shape index (κ1) is 10.1. The number of hydrogen-bond acceptors (Lipinski definition) is 2. The fraction of sp³-hybridized carbons (Fsp3) is 0.231. The minimum absolute atomic E-state index is 0.0327. The summed E-state index contributed by atoms with van der Waals surface area (Å²) in [7, 11) is 0. The number of nitrogens with one attached hydrogen (secondary N) is 1. The standard InChI is InChI=1S/C13H13N3O/c17-13(15-11-6-7-11)10-8-14-16(9-10)12-4-2-1-3-5-12/h1-5,8-9,11H,6-7H2,(H,15,17). The topological polar surface area (TPSA) is 46.9 Å². The van der Waals surface area contributed by atoms with Gasteiger partial charge in [-0.3, -0.25) is 4.79 Å². The fourth-order valence-electron chi connectivity index (χ4n) is 1.66. The van der Waals surface area contributed by atoms with Gasteiger partial charge in [-0.1, -0.05) is 18.2 Å². The molecule has 0 spiro atoms. The SMILES string of the molecule is O=C(NC1CC1)c1cnn(-c2ccccc2)c1. The summed E-state index contributed by atoms with van der Waals surface area (Å²) in [6, 6.07) is 10.1. The van der Waals surface area contributed by atoms with Crippen molar-refractivity contribution < 1.29 is 4.79 Å². The molecule has 17 heavy (non-hydrogen) atoms. The monoisotopic (exact) mass is 227 g/mol. The zero-order valence-electron chi connectivity index (χ0n) is 9.34. The number of benzene rings is 1. The summed E-state index contributed by atoms with van der Waals surface area (Å²) in [5.74, 6) is -0.0327. The molecule has 86 valence electrons. The van der Waals surface area contributed by atoms with Crippen LogP contribution in [0, 0.1) is 0 Å². The van der Waals surface area contributed by atoms with Crippen molar-refractivity contribution in [1.29, 1.82) is 0 Å². The lowest BCUT2D eigenvalue weighted by Gasteiger charge is -2.00. The van der Waals surface area contributed by atoms with E-state index in [0.717, 1.165) is 18.5 Å². The Hall–Kier alpha value is -2.10. The average Bonchev–Trinajstić information content (AvgIpc) is 3.04. The van der Waals surface area contributed by atoms with Gasteiger partial charge in [0.1, 0.15) is 0 Å². The van der Waals surface area contributed by atoms with Crippen LogP contribution in [0.1, 0.15) is 23.2 Å². The van der Waals surface area contributed by atoms with E-state index >= 15 is 0 Å². The maximum Gasteiger partial charge on any atom is 0.254 e. The highest BCUT2D eigenvalue weighted by molar-refractivity contribution is 5.94. The molecule has 0 bridgehead atoms. The van der Waals surface area contributed by atoms with Gasteiger partial charge in [-0.15, -0.1) is 0 Å². The predicted molar refractivity (Wildman–Crippen MR) is 64.1 cm³/mol. The van der Waals surface area contributed by atoms with Crippen molar-refractivity contribution in [1.82, 2.24) is 15.1 Å². The van der Waals surface area contributed by atoms with Crippen LogP contribution in [0.15, 0.2) is 42.7 Å². The summed E-state index contributed by atoms with van der Waals surface area (Å²) in [5.41, 5.74) is 1.57. The maximum atomic E-state index is 11.8. The van der Waals surface area contributed by atoms with Crippen molar-refractivity contribution in [2.24, 2.45) is 0 Å². The molecule has 0 unspecified atom stereocenters. The van der Waals surface area contributed by atoms with E-state index in [0.29, 0.717) is 11.6 Å². The second-order valence-electron chi connectivity index (χ2n) is 4.26. The average molecular weight is 227 g/mol. The number of carbonyl (C=O) groups is 1. The summed E-state index contributed by atoms with van der Waals surface area (Å²) in [6.45, 7) is 0. The molecule has 1 heterocycles. The van der Waals surface area contributed by atoms with Gasteiger partial charge in [-0.2, -0.15) is 5.10 Å². The first-order valence-electron chi connectivity index (χ1n) is 5.74. The van der Waals surface area contributed by atoms with Crippen LogP contribution in [0.3, 0.4) is 0 Å². The van der Waals surface area contributed by atoms with E-state index in [4.69, 9.17) is 0 Å². The molecule has 0 aliphatic heterocycles. The summed E-state index contributed by atoms with van der Waals surface area (Å²) >= 11 is 0. The van der Waals surface area contributed by atoms with Gasteiger partial charge in [-0.05, 0) is 25.0 Å². The van der Waals surface area contributed by atoms with Crippen LogP contribution in [0.5, 0.6) is 0 Å². The number of carbonyl (C=O) groups excluding carboxylic acids is 1. The Kier molecular flexibility index (Phi) is 2.40. The molecule has 1 aromatic heterocycles. The Bertz CT molecular complexity index is 529. The lowest BCUT2D eigenvalue weighted by molar-refractivity contribution is 0.0951. The van der Waals surface area contributed by atoms with Gasteiger partial charge in [0.25, 0.3) is 5.91 Å². The molecule has 0 radical (unpaired) electrons. The lowest BCUT2D eigenvalue weighted by atomic mass is 10.3. The normalized spacial score (nSPS) is 14.6. The van der Waals surface area contributed by atoms with Gasteiger partial charge in [0.2, 0.25) is 0 Å². The number of amides is 1. The third-order valence-corrected chi connectivity index (χ3v) is 2.78. The van der Waals surface area contributed by atoms with Gasteiger partial charge < -0.3 is 5.32 Å². The molecular weight excluding hydrogens is 214 g/mol. The van der Waals surface area contributed by atoms with Crippen LogP contribution in [0.2, 0.25) is 0 Å². The zero-order chi connectivity index (χ0) is 11.7. The van der Waals surface area contributed by atoms with E-state index in [1.807, 2.05) is 30.3 Å². The molecule has 1 fully saturated rings. The van der Waals surface area contributed by atoms with Gasteiger partial charge >= 0.3 is 0 Å². The zero-order valence-corrected chi connectivity index (χ0v) is 9.34. The molecule has 3 rings (SSSR count).